The molecule has 7 heteroatoms. The second-order valence-electron chi connectivity index (χ2n) is 9.85. The molecule has 2 heterocycles. The summed E-state index contributed by atoms with van der Waals surface area (Å²) in [5.74, 6) is 1.85. The summed E-state index contributed by atoms with van der Waals surface area (Å²) in [6, 6.07) is 16.8. The average molecular weight is 491 g/mol. The van der Waals surface area contributed by atoms with Crippen LogP contribution in [0.2, 0.25) is 0 Å². The number of para-hydroxylation sites is 1. The first kappa shape index (κ1) is 25.7. The first-order chi connectivity index (χ1) is 17.5. The Labute approximate surface area is 214 Å². The SMILES string of the molecule is CCCCC1(CCCC)N=C(N)N(C2CCN(C(=O)c3ccc(Oc4ccccc4)cc3)CC2)C1=O. The monoisotopic (exact) mass is 490 g/mol. The van der Waals surface area contributed by atoms with Crippen LogP contribution in [0.15, 0.2) is 59.6 Å². The van der Waals surface area contributed by atoms with E-state index in [1.807, 2.05) is 47.4 Å². The molecule has 2 aromatic carbocycles. The number of rotatable bonds is 10. The number of unbranched alkanes of at least 4 members (excludes halogenated alkanes) is 2. The summed E-state index contributed by atoms with van der Waals surface area (Å²) >= 11 is 0. The summed E-state index contributed by atoms with van der Waals surface area (Å²) in [6.45, 7) is 5.43. The van der Waals surface area contributed by atoms with E-state index >= 15 is 0 Å². The standard InChI is InChI=1S/C29H38N4O3/c1-3-5-18-29(19-6-4-2)27(35)33(28(30)31-29)23-16-20-32(21-17-23)26(34)22-12-14-25(15-13-22)36-24-10-8-7-9-11-24/h7-15,23H,3-6,16-21H2,1-2H3,(H2,30,31). The Hall–Kier alpha value is -3.35. The molecule has 0 aromatic heterocycles. The molecule has 192 valence electrons. The predicted octanol–water partition coefficient (Wildman–Crippen LogP) is 5.36. The topological polar surface area (TPSA) is 88.2 Å². The lowest BCUT2D eigenvalue weighted by Gasteiger charge is -2.37. The Kier molecular flexibility index (Phi) is 8.28. The lowest BCUT2D eigenvalue weighted by molar-refractivity contribution is -0.134. The van der Waals surface area contributed by atoms with E-state index in [1.54, 1.807) is 17.0 Å². The van der Waals surface area contributed by atoms with Crippen molar-refractivity contribution >= 4 is 17.8 Å². The zero-order valence-corrected chi connectivity index (χ0v) is 21.5. The molecule has 7 nitrogen and oxygen atoms in total. The minimum absolute atomic E-state index is 0.00524. The molecule has 0 bridgehead atoms. The number of amides is 2. The molecule has 0 spiro atoms. The number of ether oxygens (including phenoxy) is 1. The third-order valence-corrected chi connectivity index (χ3v) is 7.28. The predicted molar refractivity (Wildman–Crippen MR) is 142 cm³/mol. The second-order valence-corrected chi connectivity index (χ2v) is 9.85. The quantitative estimate of drug-likeness (QED) is 0.486. The number of hydrogen-bond donors (Lipinski definition) is 1. The Balaban J connectivity index is 1.36. The molecule has 2 aliphatic heterocycles. The van der Waals surface area contributed by atoms with Gasteiger partial charge in [-0.25, -0.2) is 4.99 Å². The van der Waals surface area contributed by atoms with Crippen LogP contribution >= 0.6 is 0 Å². The molecule has 0 saturated carbocycles. The molecule has 2 amide bonds. The number of carbonyl (C=O) groups is 2. The van der Waals surface area contributed by atoms with Gasteiger partial charge in [0.25, 0.3) is 11.8 Å². The third kappa shape index (κ3) is 5.55. The number of likely N-dealkylation sites (tertiary alicyclic amines) is 1. The highest BCUT2D eigenvalue weighted by Gasteiger charge is 2.49. The highest BCUT2D eigenvalue weighted by Crippen LogP contribution is 2.35. The van der Waals surface area contributed by atoms with Crippen LogP contribution in [-0.2, 0) is 4.79 Å². The summed E-state index contributed by atoms with van der Waals surface area (Å²) in [5, 5.41) is 0. The van der Waals surface area contributed by atoms with Gasteiger partial charge in [-0.15, -0.1) is 0 Å². The van der Waals surface area contributed by atoms with Crippen molar-refractivity contribution in [1.82, 2.24) is 9.80 Å². The van der Waals surface area contributed by atoms with Crippen LogP contribution in [0, 0.1) is 0 Å². The van der Waals surface area contributed by atoms with Gasteiger partial charge in [0, 0.05) is 24.7 Å². The maximum absolute atomic E-state index is 13.6. The number of carbonyl (C=O) groups excluding carboxylic acids is 2. The molecule has 2 aromatic rings. The van der Waals surface area contributed by atoms with Crippen molar-refractivity contribution in [2.75, 3.05) is 13.1 Å². The van der Waals surface area contributed by atoms with Gasteiger partial charge >= 0.3 is 0 Å². The fourth-order valence-electron chi connectivity index (χ4n) is 5.19. The van der Waals surface area contributed by atoms with Gasteiger partial charge in [-0.3, -0.25) is 14.5 Å². The average Bonchev–Trinajstić information content (AvgIpc) is 3.16. The largest absolute Gasteiger partial charge is 0.457 e. The Bertz CT molecular complexity index is 1050. The van der Waals surface area contributed by atoms with Crippen molar-refractivity contribution in [3.05, 3.63) is 60.2 Å². The summed E-state index contributed by atoms with van der Waals surface area (Å²) in [5.41, 5.74) is 6.27. The van der Waals surface area contributed by atoms with E-state index in [4.69, 9.17) is 15.5 Å². The maximum Gasteiger partial charge on any atom is 0.257 e. The third-order valence-electron chi connectivity index (χ3n) is 7.28. The van der Waals surface area contributed by atoms with Gasteiger partial charge in [-0.05, 0) is 62.1 Å². The van der Waals surface area contributed by atoms with Crippen molar-refractivity contribution in [3.8, 4) is 11.5 Å². The molecule has 1 saturated heterocycles. The van der Waals surface area contributed by atoms with Crippen molar-refractivity contribution in [2.45, 2.75) is 76.8 Å². The van der Waals surface area contributed by atoms with Gasteiger partial charge in [-0.1, -0.05) is 57.7 Å². The molecule has 0 aliphatic carbocycles. The number of nitrogens with two attached hydrogens (primary N) is 1. The van der Waals surface area contributed by atoms with Gasteiger partial charge < -0.3 is 15.4 Å². The van der Waals surface area contributed by atoms with Crippen LogP contribution in [0.4, 0.5) is 0 Å². The fourth-order valence-corrected chi connectivity index (χ4v) is 5.19. The van der Waals surface area contributed by atoms with E-state index in [1.165, 1.54) is 0 Å². The fraction of sp³-hybridized carbons (Fsp3) is 0.483. The van der Waals surface area contributed by atoms with Crippen LogP contribution in [0.5, 0.6) is 11.5 Å². The Morgan fingerprint density at radius 3 is 2.14 bits per heavy atom. The molecule has 0 unspecified atom stereocenters. The summed E-state index contributed by atoms with van der Waals surface area (Å²) < 4.78 is 5.83. The zero-order valence-electron chi connectivity index (χ0n) is 21.5. The number of piperidine rings is 1. The molecule has 36 heavy (non-hydrogen) atoms. The van der Waals surface area contributed by atoms with E-state index in [0.717, 1.165) is 44.3 Å². The van der Waals surface area contributed by atoms with Gasteiger partial charge in [0.15, 0.2) is 5.96 Å². The molecular weight excluding hydrogens is 452 g/mol. The first-order valence-corrected chi connectivity index (χ1v) is 13.3. The van der Waals surface area contributed by atoms with E-state index < -0.39 is 5.54 Å². The number of benzene rings is 2. The smallest absolute Gasteiger partial charge is 0.257 e. The number of nitrogens with zero attached hydrogens (tertiary/aromatic N) is 3. The second kappa shape index (κ2) is 11.6. The van der Waals surface area contributed by atoms with Gasteiger partial charge in [-0.2, -0.15) is 0 Å². The van der Waals surface area contributed by atoms with Crippen LogP contribution < -0.4 is 10.5 Å². The van der Waals surface area contributed by atoms with Crippen LogP contribution in [0.3, 0.4) is 0 Å². The molecule has 0 radical (unpaired) electrons. The van der Waals surface area contributed by atoms with Crippen LogP contribution in [0.25, 0.3) is 0 Å². The van der Waals surface area contributed by atoms with Gasteiger partial charge in [0.1, 0.15) is 17.0 Å². The lowest BCUT2D eigenvalue weighted by Crippen LogP contribution is -2.53. The molecular formula is C29H38N4O3. The van der Waals surface area contributed by atoms with Crippen molar-refractivity contribution in [3.63, 3.8) is 0 Å². The summed E-state index contributed by atoms with van der Waals surface area (Å²) in [4.78, 5) is 35.1. The Morgan fingerprint density at radius 1 is 0.972 bits per heavy atom. The zero-order chi connectivity index (χ0) is 25.5. The van der Waals surface area contributed by atoms with Crippen molar-refractivity contribution in [2.24, 2.45) is 10.7 Å². The molecule has 1 fully saturated rings. The van der Waals surface area contributed by atoms with Crippen LogP contribution in [0.1, 0.15) is 75.6 Å². The normalized spacial score (nSPS) is 17.8. The lowest BCUT2D eigenvalue weighted by atomic mass is 9.86. The number of hydrogen-bond acceptors (Lipinski definition) is 5. The van der Waals surface area contributed by atoms with E-state index in [-0.39, 0.29) is 17.9 Å². The molecule has 2 aliphatic rings. The molecule has 0 atom stereocenters. The minimum atomic E-state index is -0.702. The molecule has 4 rings (SSSR count). The van der Waals surface area contributed by atoms with E-state index in [2.05, 4.69) is 13.8 Å². The van der Waals surface area contributed by atoms with Crippen LogP contribution in [-0.4, -0.2) is 52.2 Å². The number of guanidine groups is 1. The van der Waals surface area contributed by atoms with Crippen molar-refractivity contribution < 1.29 is 14.3 Å². The summed E-state index contributed by atoms with van der Waals surface area (Å²) in [6.07, 6.45) is 6.86. The van der Waals surface area contributed by atoms with Gasteiger partial charge in [0.05, 0.1) is 0 Å². The van der Waals surface area contributed by atoms with E-state index in [9.17, 15) is 9.59 Å². The first-order valence-electron chi connectivity index (χ1n) is 13.3. The highest BCUT2D eigenvalue weighted by molar-refractivity contribution is 6.07. The maximum atomic E-state index is 13.6. The number of aliphatic imine (C=N–C) groups is 1. The van der Waals surface area contributed by atoms with E-state index in [0.29, 0.717) is 43.2 Å². The highest BCUT2D eigenvalue weighted by atomic mass is 16.5. The van der Waals surface area contributed by atoms with Gasteiger partial charge in [0.2, 0.25) is 0 Å². The summed E-state index contributed by atoms with van der Waals surface area (Å²) in [7, 11) is 0. The molecule has 2 N–H and O–H groups in total. The minimum Gasteiger partial charge on any atom is -0.457 e. The Morgan fingerprint density at radius 2 is 1.56 bits per heavy atom. The van der Waals surface area contributed by atoms with Crippen molar-refractivity contribution in [1.29, 1.82) is 0 Å².